The first kappa shape index (κ1) is 16.0. The van der Waals surface area contributed by atoms with Gasteiger partial charge in [0.1, 0.15) is 11.6 Å². The number of nitrogens with zero attached hydrogens (tertiary/aromatic N) is 5. The lowest BCUT2D eigenvalue weighted by molar-refractivity contribution is -0.135. The van der Waals surface area contributed by atoms with Gasteiger partial charge in [-0.05, 0) is 51.7 Å². The Balaban J connectivity index is 1.44. The summed E-state index contributed by atoms with van der Waals surface area (Å²) >= 11 is 0. The van der Waals surface area contributed by atoms with Crippen LogP contribution in [0.15, 0.2) is 0 Å². The molecule has 0 saturated carbocycles. The average molecular weight is 332 g/mol. The first-order chi connectivity index (χ1) is 11.6. The Labute approximate surface area is 143 Å². The van der Waals surface area contributed by atoms with Crippen LogP contribution in [0.4, 0.5) is 0 Å². The maximum Gasteiger partial charge on any atom is 0.240 e. The summed E-state index contributed by atoms with van der Waals surface area (Å²) in [4.78, 5) is 17.5. The van der Waals surface area contributed by atoms with Gasteiger partial charge in [-0.1, -0.05) is 0 Å². The molecule has 0 radical (unpaired) electrons. The van der Waals surface area contributed by atoms with Crippen LogP contribution in [-0.2, 0) is 17.8 Å². The molecular formula is C17H28N6O. The van der Waals surface area contributed by atoms with Crippen LogP contribution >= 0.6 is 0 Å². The van der Waals surface area contributed by atoms with Gasteiger partial charge in [0.15, 0.2) is 0 Å². The predicted molar refractivity (Wildman–Crippen MR) is 90.6 cm³/mol. The third kappa shape index (κ3) is 2.73. The van der Waals surface area contributed by atoms with Crippen molar-refractivity contribution in [2.45, 2.75) is 45.2 Å². The predicted octanol–water partition coefficient (Wildman–Crippen LogP) is 0.0451. The van der Waals surface area contributed by atoms with E-state index in [9.17, 15) is 4.79 Å². The number of likely N-dealkylation sites (tertiary alicyclic amines) is 1. The van der Waals surface area contributed by atoms with Crippen molar-refractivity contribution in [3.05, 3.63) is 11.6 Å². The number of aromatic nitrogens is 3. The standard InChI is InChI=1S/C17H28N6O/c1-13-19-20-15-3-8-22(9-10-23(13)15)16(24)14-11-17(12-21(14)2)4-6-18-7-5-17/h14,18H,3-12H2,1-2H3. The van der Waals surface area contributed by atoms with Crippen LogP contribution in [0.2, 0.25) is 0 Å². The number of hydrogen-bond acceptors (Lipinski definition) is 5. The van der Waals surface area contributed by atoms with E-state index in [-0.39, 0.29) is 6.04 Å². The van der Waals surface area contributed by atoms with Gasteiger partial charge in [0.05, 0.1) is 6.04 Å². The van der Waals surface area contributed by atoms with Crippen molar-refractivity contribution in [2.75, 3.05) is 39.8 Å². The van der Waals surface area contributed by atoms with Crippen molar-refractivity contribution >= 4 is 5.91 Å². The zero-order valence-electron chi connectivity index (χ0n) is 14.8. The van der Waals surface area contributed by atoms with Crippen LogP contribution in [0.3, 0.4) is 0 Å². The summed E-state index contributed by atoms with van der Waals surface area (Å²) < 4.78 is 2.15. The lowest BCUT2D eigenvalue weighted by Gasteiger charge is -2.33. The second-order valence-corrected chi connectivity index (χ2v) is 7.78. The third-order valence-electron chi connectivity index (χ3n) is 6.22. The molecular weight excluding hydrogens is 304 g/mol. The molecule has 2 fully saturated rings. The third-order valence-corrected chi connectivity index (χ3v) is 6.22. The molecule has 1 amide bonds. The molecule has 1 atom stereocenters. The molecule has 7 heteroatoms. The molecule has 3 aliphatic heterocycles. The minimum absolute atomic E-state index is 0.0488. The number of fused-ring (bicyclic) bond motifs is 1. The van der Waals surface area contributed by atoms with Crippen molar-refractivity contribution in [1.82, 2.24) is 29.9 Å². The summed E-state index contributed by atoms with van der Waals surface area (Å²) in [5, 5.41) is 11.8. The number of hydrogen-bond donors (Lipinski definition) is 1. The molecule has 4 heterocycles. The van der Waals surface area contributed by atoms with Crippen molar-refractivity contribution < 1.29 is 4.79 Å². The van der Waals surface area contributed by atoms with E-state index >= 15 is 0 Å². The second kappa shape index (κ2) is 6.11. The maximum absolute atomic E-state index is 13.2. The zero-order valence-corrected chi connectivity index (χ0v) is 14.8. The van der Waals surface area contributed by atoms with Crippen molar-refractivity contribution in [3.8, 4) is 0 Å². The highest BCUT2D eigenvalue weighted by molar-refractivity contribution is 5.82. The number of nitrogens with one attached hydrogen (secondary N) is 1. The van der Waals surface area contributed by atoms with Gasteiger partial charge in [0.25, 0.3) is 0 Å². The summed E-state index contributed by atoms with van der Waals surface area (Å²) in [6, 6.07) is 0.0488. The molecule has 1 aromatic rings. The fourth-order valence-corrected chi connectivity index (χ4v) is 4.76. The number of likely N-dealkylation sites (N-methyl/N-ethyl adjacent to an activating group) is 1. The smallest absolute Gasteiger partial charge is 0.240 e. The highest BCUT2D eigenvalue weighted by atomic mass is 16.2. The molecule has 2 saturated heterocycles. The molecule has 7 nitrogen and oxygen atoms in total. The first-order valence-electron chi connectivity index (χ1n) is 9.16. The van der Waals surface area contributed by atoms with E-state index in [0.717, 1.165) is 63.8 Å². The van der Waals surface area contributed by atoms with Gasteiger partial charge in [-0.15, -0.1) is 10.2 Å². The van der Waals surface area contributed by atoms with Crippen LogP contribution in [-0.4, -0.2) is 76.3 Å². The molecule has 132 valence electrons. The monoisotopic (exact) mass is 332 g/mol. The van der Waals surface area contributed by atoms with Crippen LogP contribution in [0.1, 0.15) is 30.9 Å². The molecule has 0 bridgehead atoms. The number of amides is 1. The van der Waals surface area contributed by atoms with Crippen LogP contribution in [0.25, 0.3) is 0 Å². The first-order valence-corrected chi connectivity index (χ1v) is 9.16. The Kier molecular flexibility index (Phi) is 4.08. The fourth-order valence-electron chi connectivity index (χ4n) is 4.76. The molecule has 0 aromatic carbocycles. The van der Waals surface area contributed by atoms with Crippen LogP contribution in [0.5, 0.6) is 0 Å². The van der Waals surface area contributed by atoms with Crippen molar-refractivity contribution in [1.29, 1.82) is 0 Å². The van der Waals surface area contributed by atoms with Crippen molar-refractivity contribution in [3.63, 3.8) is 0 Å². The van der Waals surface area contributed by atoms with E-state index in [1.54, 1.807) is 0 Å². The highest BCUT2D eigenvalue weighted by Gasteiger charge is 2.46. The van der Waals surface area contributed by atoms with E-state index in [0.29, 0.717) is 11.3 Å². The molecule has 3 aliphatic rings. The summed E-state index contributed by atoms with van der Waals surface area (Å²) in [5.74, 6) is 2.27. The molecule has 0 aliphatic carbocycles. The van der Waals surface area contributed by atoms with Gasteiger partial charge in [0.2, 0.25) is 5.91 Å². The topological polar surface area (TPSA) is 66.3 Å². The lowest BCUT2D eigenvalue weighted by atomic mass is 9.77. The van der Waals surface area contributed by atoms with E-state index in [1.807, 2.05) is 6.92 Å². The van der Waals surface area contributed by atoms with E-state index in [4.69, 9.17) is 0 Å². The van der Waals surface area contributed by atoms with Gasteiger partial charge >= 0.3 is 0 Å². The van der Waals surface area contributed by atoms with Crippen molar-refractivity contribution in [2.24, 2.45) is 5.41 Å². The van der Waals surface area contributed by atoms with Gasteiger partial charge in [-0.25, -0.2) is 0 Å². The zero-order chi connectivity index (χ0) is 16.7. The van der Waals surface area contributed by atoms with E-state index in [2.05, 4.69) is 36.9 Å². The Morgan fingerprint density at radius 2 is 2.00 bits per heavy atom. The van der Waals surface area contributed by atoms with Gasteiger partial charge in [-0.3, -0.25) is 9.69 Å². The molecule has 1 aromatic heterocycles. The minimum Gasteiger partial charge on any atom is -0.339 e. The normalized spacial score (nSPS) is 27.2. The summed E-state index contributed by atoms with van der Waals surface area (Å²) in [6.45, 7) is 7.56. The number of carbonyl (C=O) groups is 1. The van der Waals surface area contributed by atoms with Crippen LogP contribution < -0.4 is 5.32 Å². The number of carbonyl (C=O) groups excluding carboxylic acids is 1. The Bertz CT molecular complexity index is 621. The molecule has 1 unspecified atom stereocenters. The molecule has 1 spiro atoms. The van der Waals surface area contributed by atoms with E-state index in [1.165, 1.54) is 12.8 Å². The lowest BCUT2D eigenvalue weighted by Crippen LogP contribution is -2.45. The number of piperidine rings is 1. The maximum atomic E-state index is 13.2. The summed E-state index contributed by atoms with van der Waals surface area (Å²) in [7, 11) is 2.12. The Morgan fingerprint density at radius 3 is 2.79 bits per heavy atom. The highest BCUT2D eigenvalue weighted by Crippen LogP contribution is 2.41. The summed E-state index contributed by atoms with van der Waals surface area (Å²) in [5.41, 5.74) is 0.347. The quantitative estimate of drug-likeness (QED) is 0.787. The number of aryl methyl sites for hydroxylation is 1. The van der Waals surface area contributed by atoms with E-state index < -0.39 is 0 Å². The SMILES string of the molecule is Cc1nnc2n1CCN(C(=O)C1CC3(CCNCC3)CN1C)CC2. The molecule has 4 rings (SSSR count). The molecule has 24 heavy (non-hydrogen) atoms. The second-order valence-electron chi connectivity index (χ2n) is 7.78. The van der Waals surface area contributed by atoms with Gasteiger partial charge < -0.3 is 14.8 Å². The van der Waals surface area contributed by atoms with Crippen LogP contribution in [0, 0.1) is 12.3 Å². The fraction of sp³-hybridized carbons (Fsp3) is 0.824. The summed E-state index contributed by atoms with van der Waals surface area (Å²) in [6.07, 6.45) is 4.21. The van der Waals surface area contributed by atoms with Gasteiger partial charge in [0, 0.05) is 32.6 Å². The number of rotatable bonds is 1. The Morgan fingerprint density at radius 1 is 1.21 bits per heavy atom. The average Bonchev–Trinajstić information content (AvgIpc) is 2.99. The Hall–Kier alpha value is -1.47. The van der Waals surface area contributed by atoms with Gasteiger partial charge in [-0.2, -0.15) is 0 Å². The largest absolute Gasteiger partial charge is 0.339 e. The minimum atomic E-state index is 0.0488. The molecule has 1 N–H and O–H groups in total.